The summed E-state index contributed by atoms with van der Waals surface area (Å²) in [6.07, 6.45) is 5.28. The number of benzene rings is 1. The smallest absolute Gasteiger partial charge is 0.244 e. The van der Waals surface area contributed by atoms with Crippen LogP contribution in [0.15, 0.2) is 29.2 Å². The van der Waals surface area contributed by atoms with Gasteiger partial charge in [-0.2, -0.15) is 5.26 Å². The minimum atomic E-state index is -0.810. The number of carbonyl (C=O) groups is 1. The zero-order chi connectivity index (χ0) is 13.0. The summed E-state index contributed by atoms with van der Waals surface area (Å²) >= 11 is 1.63. The van der Waals surface area contributed by atoms with Crippen molar-refractivity contribution >= 4 is 23.4 Å². The Kier molecular flexibility index (Phi) is 3.93. The van der Waals surface area contributed by atoms with E-state index in [4.69, 9.17) is 0 Å². The van der Waals surface area contributed by atoms with Crippen LogP contribution in [0, 0.1) is 16.7 Å². The number of nitriles is 1. The summed E-state index contributed by atoms with van der Waals surface area (Å²) in [7, 11) is 0. The van der Waals surface area contributed by atoms with Gasteiger partial charge in [-0.05, 0) is 37.3 Å². The van der Waals surface area contributed by atoms with E-state index in [0.717, 1.165) is 23.4 Å². The van der Waals surface area contributed by atoms with Gasteiger partial charge in [0.25, 0.3) is 0 Å². The van der Waals surface area contributed by atoms with Gasteiger partial charge in [0.1, 0.15) is 5.41 Å². The molecule has 0 aromatic heterocycles. The zero-order valence-corrected chi connectivity index (χ0v) is 11.2. The normalized spacial score (nSPS) is 17.1. The molecule has 0 radical (unpaired) electrons. The number of amides is 1. The van der Waals surface area contributed by atoms with E-state index in [1.54, 1.807) is 11.8 Å². The largest absolute Gasteiger partial charge is 0.325 e. The van der Waals surface area contributed by atoms with Crippen LogP contribution in [-0.4, -0.2) is 12.2 Å². The summed E-state index contributed by atoms with van der Waals surface area (Å²) in [6.45, 7) is 0. The number of hydrogen-bond acceptors (Lipinski definition) is 3. The van der Waals surface area contributed by atoms with Gasteiger partial charge in [-0.3, -0.25) is 4.79 Å². The Bertz CT molecular complexity index is 487. The monoisotopic (exact) mass is 260 g/mol. The second kappa shape index (κ2) is 5.45. The Balaban J connectivity index is 2.13. The van der Waals surface area contributed by atoms with E-state index < -0.39 is 5.41 Å². The molecule has 0 spiro atoms. The number of nitrogens with zero attached hydrogens (tertiary/aromatic N) is 1. The Morgan fingerprint density at radius 1 is 1.44 bits per heavy atom. The Morgan fingerprint density at radius 2 is 2.17 bits per heavy atom. The molecule has 0 unspecified atom stereocenters. The lowest BCUT2D eigenvalue weighted by molar-refractivity contribution is -0.122. The highest BCUT2D eigenvalue weighted by Gasteiger charge is 2.41. The molecule has 1 saturated carbocycles. The van der Waals surface area contributed by atoms with E-state index in [9.17, 15) is 10.1 Å². The molecule has 0 saturated heterocycles. The zero-order valence-electron chi connectivity index (χ0n) is 10.4. The first-order valence-electron chi connectivity index (χ1n) is 6.07. The van der Waals surface area contributed by atoms with Crippen molar-refractivity contribution < 1.29 is 4.79 Å². The summed E-state index contributed by atoms with van der Waals surface area (Å²) in [5, 5.41) is 12.1. The van der Waals surface area contributed by atoms with Crippen LogP contribution in [-0.2, 0) is 4.79 Å². The van der Waals surface area contributed by atoms with Gasteiger partial charge in [-0.25, -0.2) is 0 Å². The molecule has 3 nitrogen and oxygen atoms in total. The molecular formula is C14H16N2OS. The molecule has 1 aromatic carbocycles. The minimum Gasteiger partial charge on any atom is -0.325 e. The SMILES string of the molecule is CSc1cccc(NC(=O)C2(C#N)CCCC2)c1. The quantitative estimate of drug-likeness (QED) is 0.847. The molecule has 0 atom stereocenters. The molecule has 1 N–H and O–H groups in total. The van der Waals surface area contributed by atoms with E-state index in [1.807, 2.05) is 30.5 Å². The summed E-state index contributed by atoms with van der Waals surface area (Å²) < 4.78 is 0. The van der Waals surface area contributed by atoms with Gasteiger partial charge < -0.3 is 5.32 Å². The fourth-order valence-corrected chi connectivity index (χ4v) is 2.78. The van der Waals surface area contributed by atoms with Crippen LogP contribution in [0.4, 0.5) is 5.69 Å². The lowest BCUT2D eigenvalue weighted by Crippen LogP contribution is -2.32. The van der Waals surface area contributed by atoms with Crippen LogP contribution in [0.5, 0.6) is 0 Å². The third-order valence-corrected chi connectivity index (χ3v) is 4.16. The molecule has 1 amide bonds. The van der Waals surface area contributed by atoms with E-state index in [2.05, 4.69) is 11.4 Å². The standard InChI is InChI=1S/C14H16N2OS/c1-18-12-6-4-5-11(9-12)16-13(17)14(10-15)7-2-3-8-14/h4-6,9H,2-3,7-8H2,1H3,(H,16,17). The number of carbonyl (C=O) groups excluding carboxylic acids is 1. The topological polar surface area (TPSA) is 52.9 Å². The number of rotatable bonds is 3. The summed E-state index contributed by atoms with van der Waals surface area (Å²) in [4.78, 5) is 13.3. The average Bonchev–Trinajstić information content (AvgIpc) is 2.89. The van der Waals surface area contributed by atoms with Crippen LogP contribution in [0.2, 0.25) is 0 Å². The van der Waals surface area contributed by atoms with Crippen molar-refractivity contribution in [2.24, 2.45) is 5.41 Å². The molecule has 18 heavy (non-hydrogen) atoms. The van der Waals surface area contributed by atoms with Crippen molar-refractivity contribution in [3.63, 3.8) is 0 Å². The van der Waals surface area contributed by atoms with Gasteiger partial charge >= 0.3 is 0 Å². The van der Waals surface area contributed by atoms with Crippen molar-refractivity contribution in [3.8, 4) is 6.07 Å². The molecule has 0 aliphatic heterocycles. The summed E-state index contributed by atoms with van der Waals surface area (Å²) in [5.41, 5.74) is -0.0385. The minimum absolute atomic E-state index is 0.152. The Hall–Kier alpha value is -1.47. The van der Waals surface area contributed by atoms with Gasteiger partial charge in [-0.15, -0.1) is 11.8 Å². The van der Waals surface area contributed by atoms with Gasteiger partial charge in [0.2, 0.25) is 5.91 Å². The highest BCUT2D eigenvalue weighted by molar-refractivity contribution is 7.98. The first-order chi connectivity index (χ1) is 8.70. The van der Waals surface area contributed by atoms with E-state index >= 15 is 0 Å². The first kappa shape index (κ1) is 13.0. The highest BCUT2D eigenvalue weighted by Crippen LogP contribution is 2.38. The van der Waals surface area contributed by atoms with Crippen LogP contribution in [0.3, 0.4) is 0 Å². The van der Waals surface area contributed by atoms with Gasteiger partial charge in [0, 0.05) is 10.6 Å². The third kappa shape index (κ3) is 2.51. The average molecular weight is 260 g/mol. The highest BCUT2D eigenvalue weighted by atomic mass is 32.2. The maximum atomic E-state index is 12.2. The van der Waals surface area contributed by atoms with Crippen molar-refractivity contribution in [1.82, 2.24) is 0 Å². The number of thioether (sulfide) groups is 1. The number of hydrogen-bond donors (Lipinski definition) is 1. The predicted molar refractivity (Wildman–Crippen MR) is 73.4 cm³/mol. The van der Waals surface area contributed by atoms with Crippen LogP contribution in [0.1, 0.15) is 25.7 Å². The molecule has 2 rings (SSSR count). The van der Waals surface area contributed by atoms with Crippen LogP contribution in [0.25, 0.3) is 0 Å². The van der Waals surface area contributed by atoms with Gasteiger partial charge in [0.15, 0.2) is 0 Å². The molecule has 1 aromatic rings. The fourth-order valence-electron chi connectivity index (χ4n) is 2.32. The van der Waals surface area contributed by atoms with Crippen molar-refractivity contribution in [2.45, 2.75) is 30.6 Å². The van der Waals surface area contributed by atoms with Crippen LogP contribution >= 0.6 is 11.8 Å². The molecule has 1 aliphatic carbocycles. The predicted octanol–water partition coefficient (Wildman–Crippen LogP) is 3.43. The number of anilines is 1. The third-order valence-electron chi connectivity index (χ3n) is 3.43. The van der Waals surface area contributed by atoms with E-state index in [1.165, 1.54) is 0 Å². The Morgan fingerprint density at radius 3 is 2.78 bits per heavy atom. The van der Waals surface area contributed by atoms with Crippen LogP contribution < -0.4 is 5.32 Å². The second-order valence-corrected chi connectivity index (χ2v) is 5.47. The van der Waals surface area contributed by atoms with Crippen molar-refractivity contribution in [2.75, 3.05) is 11.6 Å². The molecule has 0 bridgehead atoms. The maximum Gasteiger partial charge on any atom is 0.244 e. The lowest BCUT2D eigenvalue weighted by Gasteiger charge is -2.19. The van der Waals surface area contributed by atoms with Crippen molar-refractivity contribution in [1.29, 1.82) is 5.26 Å². The second-order valence-electron chi connectivity index (χ2n) is 4.59. The molecular weight excluding hydrogens is 244 g/mol. The molecule has 0 heterocycles. The molecule has 94 valence electrons. The van der Waals surface area contributed by atoms with Gasteiger partial charge in [-0.1, -0.05) is 18.9 Å². The Labute approximate surface area is 112 Å². The van der Waals surface area contributed by atoms with E-state index in [-0.39, 0.29) is 5.91 Å². The fraction of sp³-hybridized carbons (Fsp3) is 0.429. The summed E-state index contributed by atoms with van der Waals surface area (Å²) in [5.74, 6) is -0.152. The number of nitrogens with one attached hydrogen (secondary N) is 1. The first-order valence-corrected chi connectivity index (χ1v) is 7.29. The van der Waals surface area contributed by atoms with Gasteiger partial charge in [0.05, 0.1) is 6.07 Å². The lowest BCUT2D eigenvalue weighted by atomic mass is 9.87. The maximum absolute atomic E-state index is 12.2. The molecule has 4 heteroatoms. The van der Waals surface area contributed by atoms with Crippen molar-refractivity contribution in [3.05, 3.63) is 24.3 Å². The molecule has 1 fully saturated rings. The molecule has 1 aliphatic rings. The van der Waals surface area contributed by atoms with E-state index in [0.29, 0.717) is 12.8 Å². The summed E-state index contributed by atoms with van der Waals surface area (Å²) in [6, 6.07) is 9.91.